The van der Waals surface area contributed by atoms with Crippen LogP contribution in [0.4, 0.5) is 0 Å². The molecule has 7 heteroatoms. The van der Waals surface area contributed by atoms with E-state index in [-0.39, 0.29) is 11.8 Å². The molecule has 21 heavy (non-hydrogen) atoms. The molecule has 3 rings (SSSR count). The minimum absolute atomic E-state index is 0.0535. The zero-order valence-corrected chi connectivity index (χ0v) is 13.0. The van der Waals surface area contributed by atoms with E-state index in [1.165, 1.54) is 19.0 Å². The van der Waals surface area contributed by atoms with Crippen molar-refractivity contribution in [1.82, 2.24) is 15.2 Å². The molecule has 2 amide bonds. The van der Waals surface area contributed by atoms with Crippen molar-refractivity contribution in [3.63, 3.8) is 0 Å². The number of amides is 2. The molecule has 1 unspecified atom stereocenters. The number of pyridine rings is 1. The van der Waals surface area contributed by atoms with Crippen LogP contribution in [-0.2, 0) is 4.79 Å². The molecule has 5 nitrogen and oxygen atoms in total. The van der Waals surface area contributed by atoms with Gasteiger partial charge in [0.25, 0.3) is 5.91 Å². The van der Waals surface area contributed by atoms with Gasteiger partial charge < -0.3 is 10.2 Å². The van der Waals surface area contributed by atoms with Crippen LogP contribution in [0.1, 0.15) is 23.2 Å². The Labute approximate surface area is 132 Å². The maximum absolute atomic E-state index is 12.5. The molecule has 1 aromatic heterocycles. The first-order valence-corrected chi connectivity index (χ1v) is 8.46. The maximum Gasteiger partial charge on any atom is 0.256 e. The minimum Gasteiger partial charge on any atom is -0.354 e. The van der Waals surface area contributed by atoms with Crippen LogP contribution in [0.3, 0.4) is 0 Å². The number of rotatable bonds is 4. The van der Waals surface area contributed by atoms with Gasteiger partial charge in [-0.1, -0.05) is 11.6 Å². The summed E-state index contributed by atoms with van der Waals surface area (Å²) in [6.07, 6.45) is 3.84. The van der Waals surface area contributed by atoms with Gasteiger partial charge >= 0.3 is 0 Å². The van der Waals surface area contributed by atoms with Gasteiger partial charge in [-0.05, 0) is 30.9 Å². The van der Waals surface area contributed by atoms with Crippen LogP contribution in [0.5, 0.6) is 0 Å². The van der Waals surface area contributed by atoms with Gasteiger partial charge in [0.1, 0.15) is 11.2 Å². The lowest BCUT2D eigenvalue weighted by Gasteiger charge is -2.23. The van der Waals surface area contributed by atoms with Crippen LogP contribution in [0, 0.1) is 5.92 Å². The molecule has 1 atom stereocenters. The second kappa shape index (κ2) is 6.23. The van der Waals surface area contributed by atoms with Gasteiger partial charge in [0.2, 0.25) is 5.91 Å². The van der Waals surface area contributed by atoms with Gasteiger partial charge in [-0.25, -0.2) is 4.98 Å². The molecular formula is C14H16ClN3O2S. The third-order valence-corrected chi connectivity index (χ3v) is 4.92. The topological polar surface area (TPSA) is 62.3 Å². The Balaban J connectivity index is 1.66. The number of hydrogen-bond acceptors (Lipinski definition) is 4. The second-order valence-electron chi connectivity index (χ2n) is 5.35. The number of carbonyl (C=O) groups is 2. The molecule has 1 N–H and O–H groups in total. The third kappa shape index (κ3) is 3.49. The molecule has 112 valence electrons. The summed E-state index contributed by atoms with van der Waals surface area (Å²) in [5.41, 5.74) is 0.460. The quantitative estimate of drug-likeness (QED) is 0.857. The molecule has 0 aromatic carbocycles. The summed E-state index contributed by atoms with van der Waals surface area (Å²) in [7, 11) is 0. The molecule has 2 aliphatic rings. The number of aromatic nitrogens is 1. The normalized spacial score (nSPS) is 21.4. The van der Waals surface area contributed by atoms with Crippen molar-refractivity contribution in [1.29, 1.82) is 0 Å². The monoisotopic (exact) mass is 325 g/mol. The Morgan fingerprint density at radius 1 is 1.43 bits per heavy atom. The summed E-state index contributed by atoms with van der Waals surface area (Å²) in [6, 6.07) is 2.83. The molecule has 2 fully saturated rings. The van der Waals surface area contributed by atoms with Crippen LogP contribution in [-0.4, -0.2) is 45.9 Å². The number of nitrogens with one attached hydrogen (secondary N) is 1. The summed E-state index contributed by atoms with van der Waals surface area (Å²) in [4.78, 5) is 30.2. The smallest absolute Gasteiger partial charge is 0.256 e. The van der Waals surface area contributed by atoms with Gasteiger partial charge in [-0.3, -0.25) is 9.59 Å². The predicted octanol–water partition coefficient (Wildman–Crippen LogP) is 1.78. The fraction of sp³-hybridized carbons (Fsp3) is 0.500. The molecule has 1 aliphatic heterocycles. The SMILES string of the molecule is O=C(NCC1CC1)C1CSCN1C(=O)c1ccc(Cl)nc1. The molecule has 1 saturated carbocycles. The summed E-state index contributed by atoms with van der Waals surface area (Å²) in [5, 5.41) is 3.30. The maximum atomic E-state index is 12.5. The van der Waals surface area contributed by atoms with E-state index in [4.69, 9.17) is 11.6 Å². The molecule has 0 spiro atoms. The van der Waals surface area contributed by atoms with E-state index in [2.05, 4.69) is 10.3 Å². The highest BCUT2D eigenvalue weighted by Gasteiger charge is 2.35. The van der Waals surface area contributed by atoms with Crippen molar-refractivity contribution in [2.24, 2.45) is 5.92 Å². The van der Waals surface area contributed by atoms with E-state index in [1.54, 1.807) is 28.8 Å². The minimum atomic E-state index is -0.392. The first-order valence-electron chi connectivity index (χ1n) is 6.93. The van der Waals surface area contributed by atoms with E-state index in [0.717, 1.165) is 6.54 Å². The molecular weight excluding hydrogens is 310 g/mol. The lowest BCUT2D eigenvalue weighted by Crippen LogP contribution is -2.47. The van der Waals surface area contributed by atoms with E-state index in [0.29, 0.717) is 28.3 Å². The Morgan fingerprint density at radius 2 is 2.24 bits per heavy atom. The van der Waals surface area contributed by atoms with E-state index < -0.39 is 6.04 Å². The first kappa shape index (κ1) is 14.7. The van der Waals surface area contributed by atoms with Crippen LogP contribution >= 0.6 is 23.4 Å². The van der Waals surface area contributed by atoms with Crippen LogP contribution < -0.4 is 5.32 Å². The van der Waals surface area contributed by atoms with E-state index in [1.807, 2.05) is 0 Å². The molecule has 1 saturated heterocycles. The van der Waals surface area contributed by atoms with Crippen LogP contribution in [0.2, 0.25) is 5.15 Å². The molecule has 1 aromatic rings. The van der Waals surface area contributed by atoms with Crippen molar-refractivity contribution in [2.75, 3.05) is 18.2 Å². The number of nitrogens with zero attached hydrogens (tertiary/aromatic N) is 2. The van der Waals surface area contributed by atoms with E-state index in [9.17, 15) is 9.59 Å². The number of thioether (sulfide) groups is 1. The van der Waals surface area contributed by atoms with Crippen LogP contribution in [0.25, 0.3) is 0 Å². The largest absolute Gasteiger partial charge is 0.354 e. The van der Waals surface area contributed by atoms with Crippen molar-refractivity contribution in [3.05, 3.63) is 29.0 Å². The van der Waals surface area contributed by atoms with Gasteiger partial charge in [-0.15, -0.1) is 11.8 Å². The fourth-order valence-electron chi connectivity index (χ4n) is 2.21. The zero-order valence-electron chi connectivity index (χ0n) is 11.4. The fourth-order valence-corrected chi connectivity index (χ4v) is 3.48. The van der Waals surface area contributed by atoms with Crippen molar-refractivity contribution < 1.29 is 9.59 Å². The summed E-state index contributed by atoms with van der Waals surface area (Å²) in [5.74, 6) is 1.58. The third-order valence-electron chi connectivity index (χ3n) is 3.68. The molecule has 1 aliphatic carbocycles. The highest BCUT2D eigenvalue weighted by atomic mass is 35.5. The van der Waals surface area contributed by atoms with Crippen molar-refractivity contribution in [2.45, 2.75) is 18.9 Å². The summed E-state index contributed by atoms with van der Waals surface area (Å²) >= 11 is 7.32. The Kier molecular flexibility index (Phi) is 4.35. The highest BCUT2D eigenvalue weighted by molar-refractivity contribution is 7.99. The first-order chi connectivity index (χ1) is 10.1. The summed E-state index contributed by atoms with van der Waals surface area (Å²) in [6.45, 7) is 0.727. The average Bonchev–Trinajstić information content (AvgIpc) is 3.19. The lowest BCUT2D eigenvalue weighted by atomic mass is 10.2. The van der Waals surface area contributed by atoms with Crippen molar-refractivity contribution >= 4 is 35.2 Å². The number of halogens is 1. The lowest BCUT2D eigenvalue weighted by molar-refractivity contribution is -0.124. The highest BCUT2D eigenvalue weighted by Crippen LogP contribution is 2.28. The zero-order chi connectivity index (χ0) is 14.8. The molecule has 0 bridgehead atoms. The molecule has 2 heterocycles. The number of hydrogen-bond donors (Lipinski definition) is 1. The Morgan fingerprint density at radius 3 is 2.90 bits per heavy atom. The second-order valence-corrected chi connectivity index (χ2v) is 6.74. The van der Waals surface area contributed by atoms with Gasteiger partial charge in [-0.2, -0.15) is 0 Å². The molecule has 0 radical (unpaired) electrons. The van der Waals surface area contributed by atoms with Crippen molar-refractivity contribution in [3.8, 4) is 0 Å². The standard InChI is InChI=1S/C14H16ClN3O2S/c15-12-4-3-10(6-16-12)14(20)18-8-21-7-11(18)13(19)17-5-9-1-2-9/h3-4,6,9,11H,1-2,5,7-8H2,(H,17,19). The summed E-state index contributed by atoms with van der Waals surface area (Å²) < 4.78 is 0. The Hall–Kier alpha value is -1.27. The Bertz CT molecular complexity index is 548. The number of carbonyl (C=O) groups excluding carboxylic acids is 2. The average molecular weight is 326 g/mol. The van der Waals surface area contributed by atoms with Gasteiger partial charge in [0.05, 0.1) is 11.4 Å². The van der Waals surface area contributed by atoms with Gasteiger partial charge in [0, 0.05) is 18.5 Å². The van der Waals surface area contributed by atoms with E-state index >= 15 is 0 Å². The predicted molar refractivity (Wildman–Crippen MR) is 82.3 cm³/mol. The van der Waals surface area contributed by atoms with Gasteiger partial charge in [0.15, 0.2) is 0 Å². The van der Waals surface area contributed by atoms with Crippen LogP contribution in [0.15, 0.2) is 18.3 Å².